The van der Waals surface area contributed by atoms with Crippen LogP contribution in [0.3, 0.4) is 0 Å². The molecule has 5 heteroatoms. The van der Waals surface area contributed by atoms with E-state index in [4.69, 9.17) is 25.0 Å². The van der Waals surface area contributed by atoms with Crippen LogP contribution in [0.2, 0.25) is 0 Å². The highest BCUT2D eigenvalue weighted by atomic mass is 17.3. The molecular formula is C26H37NO4. The maximum atomic E-state index is 6.92. The fourth-order valence-electron chi connectivity index (χ4n) is 7.37. The molecule has 1 heterocycles. The van der Waals surface area contributed by atoms with Crippen LogP contribution in [0.4, 0.5) is 0 Å². The normalized spacial score (nSPS) is 43.8. The van der Waals surface area contributed by atoms with Crippen LogP contribution in [0.5, 0.6) is 5.75 Å². The number of nitrogens with two attached hydrogens (primary N) is 1. The second-order valence-electron chi connectivity index (χ2n) is 11.8. The van der Waals surface area contributed by atoms with E-state index in [9.17, 15) is 0 Å². The molecule has 1 aromatic rings. The largest absolute Gasteiger partial charge is 0.492 e. The van der Waals surface area contributed by atoms with Gasteiger partial charge < -0.3 is 15.2 Å². The van der Waals surface area contributed by atoms with E-state index in [1.165, 1.54) is 37.7 Å². The van der Waals surface area contributed by atoms with Gasteiger partial charge in [0.15, 0.2) is 0 Å². The summed E-state index contributed by atoms with van der Waals surface area (Å²) in [5.74, 6) is 3.07. The minimum Gasteiger partial charge on any atom is -0.492 e. The highest BCUT2D eigenvalue weighted by molar-refractivity contribution is 5.30. The minimum atomic E-state index is -0.572. The molecule has 0 aromatic heterocycles. The molecule has 2 N–H and O–H groups in total. The number of rotatable bonds is 4. The van der Waals surface area contributed by atoms with E-state index in [-0.39, 0.29) is 5.54 Å². The number of hydrogen-bond acceptors (Lipinski definition) is 5. The molecule has 1 aliphatic heterocycles. The Morgan fingerprint density at radius 3 is 2.32 bits per heavy atom. The standard InChI is InChI=1S/C26H37NO4/c1-24(2,27)16-28-23-7-5-19(6-8-23)20-4-3-9-25(15-20)29-26(31-30-25)21-11-17-10-18(13-21)14-22(26)12-17/h5-8,17-18,20-22H,3-4,9-16,27H2,1-2H3/t17?,18?,20-,21?,22?,25-,26?/m1/s1. The Morgan fingerprint density at radius 2 is 1.68 bits per heavy atom. The third-order valence-corrected chi connectivity index (χ3v) is 8.58. The second kappa shape index (κ2) is 7.18. The van der Waals surface area contributed by atoms with Crippen LogP contribution in [0.1, 0.15) is 83.1 Å². The van der Waals surface area contributed by atoms with Crippen molar-refractivity contribution in [3.8, 4) is 5.75 Å². The molecule has 2 spiro atoms. The van der Waals surface area contributed by atoms with E-state index in [1.807, 2.05) is 13.8 Å². The average molecular weight is 428 g/mol. The van der Waals surface area contributed by atoms with E-state index in [2.05, 4.69) is 24.3 Å². The zero-order chi connectivity index (χ0) is 21.3. The molecule has 4 bridgehead atoms. The zero-order valence-electron chi connectivity index (χ0n) is 19.0. The van der Waals surface area contributed by atoms with Crippen LogP contribution >= 0.6 is 0 Å². The summed E-state index contributed by atoms with van der Waals surface area (Å²) in [5, 5.41) is 0. The summed E-state index contributed by atoms with van der Waals surface area (Å²) in [7, 11) is 0. The first-order valence-corrected chi connectivity index (χ1v) is 12.4. The van der Waals surface area contributed by atoms with Crippen molar-refractivity contribution in [3.05, 3.63) is 29.8 Å². The Hall–Kier alpha value is -1.14. The molecule has 31 heavy (non-hydrogen) atoms. The van der Waals surface area contributed by atoms with Crippen molar-refractivity contribution >= 4 is 0 Å². The summed E-state index contributed by atoms with van der Waals surface area (Å²) in [6, 6.07) is 8.51. The summed E-state index contributed by atoms with van der Waals surface area (Å²) >= 11 is 0. The predicted molar refractivity (Wildman–Crippen MR) is 117 cm³/mol. The monoisotopic (exact) mass is 427 g/mol. The fourth-order valence-corrected chi connectivity index (χ4v) is 7.37. The first-order chi connectivity index (χ1) is 14.8. The van der Waals surface area contributed by atoms with Crippen molar-refractivity contribution < 1.29 is 19.2 Å². The second-order valence-corrected chi connectivity index (χ2v) is 11.8. The average Bonchev–Trinajstić information content (AvgIpc) is 3.09. The van der Waals surface area contributed by atoms with E-state index in [0.29, 0.717) is 24.4 Å². The van der Waals surface area contributed by atoms with Crippen LogP contribution in [0, 0.1) is 23.7 Å². The van der Waals surface area contributed by atoms with E-state index in [0.717, 1.165) is 43.3 Å². The Balaban J connectivity index is 1.15. The molecule has 170 valence electrons. The molecule has 6 fully saturated rings. The molecule has 0 unspecified atom stereocenters. The van der Waals surface area contributed by atoms with Gasteiger partial charge >= 0.3 is 0 Å². The van der Waals surface area contributed by atoms with E-state index >= 15 is 0 Å². The van der Waals surface area contributed by atoms with Crippen LogP contribution in [-0.4, -0.2) is 23.7 Å². The topological polar surface area (TPSA) is 62.9 Å². The molecule has 7 rings (SSSR count). The van der Waals surface area contributed by atoms with Gasteiger partial charge in [0.2, 0.25) is 11.6 Å². The van der Waals surface area contributed by atoms with Crippen molar-refractivity contribution in [2.75, 3.05) is 6.61 Å². The highest BCUT2D eigenvalue weighted by Crippen LogP contribution is 2.64. The summed E-state index contributed by atoms with van der Waals surface area (Å²) in [6.45, 7) is 4.45. The summed E-state index contributed by atoms with van der Waals surface area (Å²) < 4.78 is 12.8. The van der Waals surface area contributed by atoms with E-state index < -0.39 is 11.6 Å². The predicted octanol–water partition coefficient (Wildman–Crippen LogP) is 5.29. The SMILES string of the molecule is CC(C)(N)COc1ccc([C@@H]2CCC[C@]3(C2)OOC2(O3)C3CC4CC(C3)CC2C4)cc1. The zero-order valence-corrected chi connectivity index (χ0v) is 19.0. The van der Waals surface area contributed by atoms with Gasteiger partial charge in [0.25, 0.3) is 0 Å². The maximum Gasteiger partial charge on any atom is 0.210 e. The lowest BCUT2D eigenvalue weighted by Crippen LogP contribution is -2.59. The van der Waals surface area contributed by atoms with Gasteiger partial charge in [-0.2, -0.15) is 9.78 Å². The third kappa shape index (κ3) is 3.62. The molecule has 0 amide bonds. The van der Waals surface area contributed by atoms with E-state index in [1.54, 1.807) is 0 Å². The van der Waals surface area contributed by atoms with Crippen molar-refractivity contribution in [2.24, 2.45) is 29.4 Å². The Kier molecular flexibility index (Phi) is 4.74. The molecule has 5 nitrogen and oxygen atoms in total. The van der Waals surface area contributed by atoms with Gasteiger partial charge in [-0.05, 0) is 94.2 Å². The summed E-state index contributed by atoms with van der Waals surface area (Å²) in [5.41, 5.74) is 7.03. The number of ether oxygens (including phenoxy) is 2. The lowest BCUT2D eigenvalue weighted by molar-refractivity contribution is -0.390. The van der Waals surface area contributed by atoms with Gasteiger partial charge in [-0.25, -0.2) is 0 Å². The lowest BCUT2D eigenvalue weighted by atomic mass is 9.53. The van der Waals surface area contributed by atoms with Crippen molar-refractivity contribution in [3.63, 3.8) is 0 Å². The molecular weight excluding hydrogens is 390 g/mol. The molecule has 1 saturated heterocycles. The van der Waals surface area contributed by atoms with Crippen LogP contribution in [-0.2, 0) is 14.5 Å². The van der Waals surface area contributed by atoms with Crippen molar-refractivity contribution in [1.82, 2.24) is 0 Å². The number of benzene rings is 1. The summed E-state index contributed by atoms with van der Waals surface area (Å²) in [4.78, 5) is 12.4. The fraction of sp³-hybridized carbons (Fsp3) is 0.769. The van der Waals surface area contributed by atoms with Gasteiger partial charge in [-0.1, -0.05) is 12.1 Å². The molecule has 5 aliphatic carbocycles. The third-order valence-electron chi connectivity index (χ3n) is 8.58. The Morgan fingerprint density at radius 1 is 1.00 bits per heavy atom. The molecule has 2 atom stereocenters. The summed E-state index contributed by atoms with van der Waals surface area (Å²) in [6.07, 6.45) is 10.5. The van der Waals surface area contributed by atoms with Crippen LogP contribution < -0.4 is 10.5 Å². The number of hydrogen-bond donors (Lipinski definition) is 1. The molecule has 5 saturated carbocycles. The van der Waals surface area contributed by atoms with Crippen molar-refractivity contribution in [2.45, 2.75) is 94.7 Å². The van der Waals surface area contributed by atoms with Gasteiger partial charge in [0.1, 0.15) is 12.4 Å². The van der Waals surface area contributed by atoms with Gasteiger partial charge in [-0.15, -0.1) is 0 Å². The Bertz CT molecular complexity index is 788. The smallest absolute Gasteiger partial charge is 0.210 e. The Labute approximate surface area is 185 Å². The van der Waals surface area contributed by atoms with Crippen molar-refractivity contribution in [1.29, 1.82) is 0 Å². The van der Waals surface area contributed by atoms with Gasteiger partial charge in [0.05, 0.1) is 0 Å². The van der Waals surface area contributed by atoms with Crippen LogP contribution in [0.15, 0.2) is 24.3 Å². The van der Waals surface area contributed by atoms with Gasteiger partial charge in [-0.3, -0.25) is 0 Å². The first kappa shape index (κ1) is 20.5. The minimum absolute atomic E-state index is 0.334. The molecule has 6 aliphatic rings. The highest BCUT2D eigenvalue weighted by Gasteiger charge is 2.67. The van der Waals surface area contributed by atoms with Gasteiger partial charge in [0, 0.05) is 30.2 Å². The van der Waals surface area contributed by atoms with Crippen LogP contribution in [0.25, 0.3) is 0 Å². The first-order valence-electron chi connectivity index (χ1n) is 12.4. The molecule has 1 aromatic carbocycles. The lowest BCUT2D eigenvalue weighted by Gasteiger charge is -2.57. The quantitative estimate of drug-likeness (QED) is 0.662. The maximum absolute atomic E-state index is 6.92. The molecule has 0 radical (unpaired) electrons.